The number of carbonyl (C=O) groups is 1. The van der Waals surface area contributed by atoms with E-state index in [9.17, 15) is 18.7 Å². The maximum Gasteiger partial charge on any atom is 0.224 e. The average molecular weight is 349 g/mol. The van der Waals surface area contributed by atoms with E-state index >= 15 is 0 Å². The molecule has 0 aromatic heterocycles. The fourth-order valence-corrected chi connectivity index (χ4v) is 2.29. The Bertz CT molecular complexity index is 734. The van der Waals surface area contributed by atoms with Crippen molar-refractivity contribution in [1.29, 1.82) is 0 Å². The Morgan fingerprint density at radius 3 is 2.60 bits per heavy atom. The van der Waals surface area contributed by atoms with Gasteiger partial charge >= 0.3 is 0 Å². The highest BCUT2D eigenvalue weighted by Gasteiger charge is 2.12. The summed E-state index contributed by atoms with van der Waals surface area (Å²) in [5.74, 6) is -1.70. The second kappa shape index (κ2) is 8.58. The molecule has 0 bridgehead atoms. The summed E-state index contributed by atoms with van der Waals surface area (Å²) < 4.78 is 31.6. The minimum Gasteiger partial charge on any atom is -0.491 e. The Morgan fingerprint density at radius 1 is 1.16 bits per heavy atom. The van der Waals surface area contributed by atoms with Gasteiger partial charge in [0.2, 0.25) is 5.91 Å². The molecule has 2 N–H and O–H groups in total. The van der Waals surface area contributed by atoms with Crippen LogP contribution < -0.4 is 10.1 Å². The van der Waals surface area contributed by atoms with Crippen molar-refractivity contribution in [2.45, 2.75) is 32.5 Å². The van der Waals surface area contributed by atoms with E-state index in [-0.39, 0.29) is 25.0 Å². The van der Waals surface area contributed by atoms with Gasteiger partial charge in [-0.15, -0.1) is 0 Å². The van der Waals surface area contributed by atoms with Crippen molar-refractivity contribution in [3.63, 3.8) is 0 Å². The normalized spacial score (nSPS) is 12.1. The maximum absolute atomic E-state index is 13.1. The number of aliphatic hydroxyl groups excluding tert-OH is 1. The van der Waals surface area contributed by atoms with Crippen molar-refractivity contribution >= 4 is 5.91 Å². The van der Waals surface area contributed by atoms with E-state index < -0.39 is 17.7 Å². The first-order valence-electron chi connectivity index (χ1n) is 8.00. The smallest absolute Gasteiger partial charge is 0.224 e. The third kappa shape index (κ3) is 5.83. The van der Waals surface area contributed by atoms with Gasteiger partial charge in [-0.25, -0.2) is 8.78 Å². The number of benzene rings is 2. The first kappa shape index (κ1) is 18.9. The standard InChI is InChI=1S/C19H21F2NO3/c1-12(2)25-15-5-3-4-14(10-15)18(23)11-22-19(24)9-13-6-7-16(20)17(21)8-13/h3-8,10,12,18,23H,9,11H2,1-2H3,(H,22,24). The van der Waals surface area contributed by atoms with Gasteiger partial charge < -0.3 is 15.2 Å². The van der Waals surface area contributed by atoms with Crippen molar-refractivity contribution in [2.75, 3.05) is 6.54 Å². The molecule has 0 aliphatic heterocycles. The number of hydrogen-bond acceptors (Lipinski definition) is 3. The van der Waals surface area contributed by atoms with Crippen LogP contribution in [0.25, 0.3) is 0 Å². The maximum atomic E-state index is 13.1. The molecule has 2 rings (SSSR count). The van der Waals surface area contributed by atoms with Gasteiger partial charge in [-0.05, 0) is 49.2 Å². The van der Waals surface area contributed by atoms with Crippen LogP contribution in [0.15, 0.2) is 42.5 Å². The Hall–Kier alpha value is -2.47. The first-order valence-corrected chi connectivity index (χ1v) is 8.00. The molecular weight excluding hydrogens is 328 g/mol. The zero-order chi connectivity index (χ0) is 18.4. The fourth-order valence-electron chi connectivity index (χ4n) is 2.29. The van der Waals surface area contributed by atoms with E-state index in [1.807, 2.05) is 13.8 Å². The van der Waals surface area contributed by atoms with Gasteiger partial charge in [-0.2, -0.15) is 0 Å². The molecule has 0 aliphatic rings. The summed E-state index contributed by atoms with van der Waals surface area (Å²) in [6.07, 6.45) is -0.978. The molecule has 1 amide bonds. The van der Waals surface area contributed by atoms with Gasteiger partial charge in [0.1, 0.15) is 5.75 Å². The Kier molecular flexibility index (Phi) is 6.47. The van der Waals surface area contributed by atoms with E-state index in [1.54, 1.807) is 24.3 Å². The zero-order valence-corrected chi connectivity index (χ0v) is 14.1. The van der Waals surface area contributed by atoms with E-state index in [2.05, 4.69) is 5.32 Å². The summed E-state index contributed by atoms with van der Waals surface area (Å²) in [6, 6.07) is 10.3. The SMILES string of the molecule is CC(C)Oc1cccc(C(O)CNC(=O)Cc2ccc(F)c(F)c2)c1. The summed E-state index contributed by atoms with van der Waals surface area (Å²) in [5.41, 5.74) is 0.976. The number of carbonyl (C=O) groups excluding carboxylic acids is 1. The van der Waals surface area contributed by atoms with Crippen LogP contribution in [-0.4, -0.2) is 23.7 Å². The molecule has 2 aromatic rings. The Labute approximate surface area is 145 Å². The largest absolute Gasteiger partial charge is 0.491 e. The molecule has 1 atom stereocenters. The predicted molar refractivity (Wildman–Crippen MR) is 90.2 cm³/mol. The number of aliphatic hydroxyl groups is 1. The van der Waals surface area contributed by atoms with Crippen LogP contribution >= 0.6 is 0 Å². The highest BCUT2D eigenvalue weighted by Crippen LogP contribution is 2.20. The van der Waals surface area contributed by atoms with Crippen LogP contribution in [0.4, 0.5) is 8.78 Å². The Balaban J connectivity index is 1.89. The predicted octanol–water partition coefficient (Wildman–Crippen LogP) is 3.14. The minimum absolute atomic E-state index is 0.00758. The molecule has 6 heteroatoms. The highest BCUT2D eigenvalue weighted by atomic mass is 19.2. The summed E-state index contributed by atoms with van der Waals surface area (Å²) in [6.45, 7) is 3.82. The summed E-state index contributed by atoms with van der Waals surface area (Å²) >= 11 is 0. The van der Waals surface area contributed by atoms with Crippen LogP contribution in [0.5, 0.6) is 5.75 Å². The third-order valence-electron chi connectivity index (χ3n) is 3.46. The van der Waals surface area contributed by atoms with Crippen LogP contribution in [0.2, 0.25) is 0 Å². The molecule has 0 saturated heterocycles. The molecule has 134 valence electrons. The van der Waals surface area contributed by atoms with Crippen LogP contribution in [0.3, 0.4) is 0 Å². The number of halogens is 2. The zero-order valence-electron chi connectivity index (χ0n) is 14.1. The lowest BCUT2D eigenvalue weighted by Gasteiger charge is -2.15. The van der Waals surface area contributed by atoms with E-state index in [0.717, 1.165) is 12.1 Å². The molecule has 1 unspecified atom stereocenters. The number of rotatable bonds is 7. The van der Waals surface area contributed by atoms with E-state index in [0.29, 0.717) is 16.9 Å². The molecule has 0 spiro atoms. The summed E-state index contributed by atoms with van der Waals surface area (Å²) in [4.78, 5) is 11.9. The molecule has 25 heavy (non-hydrogen) atoms. The first-order chi connectivity index (χ1) is 11.8. The third-order valence-corrected chi connectivity index (χ3v) is 3.46. The number of nitrogens with one attached hydrogen (secondary N) is 1. The molecule has 0 saturated carbocycles. The van der Waals surface area contributed by atoms with Gasteiger partial charge in [-0.3, -0.25) is 4.79 Å². The minimum atomic E-state index is -0.993. The van der Waals surface area contributed by atoms with Crippen molar-refractivity contribution < 1.29 is 23.4 Å². The van der Waals surface area contributed by atoms with E-state index in [1.165, 1.54) is 6.07 Å². The van der Waals surface area contributed by atoms with Crippen molar-refractivity contribution in [2.24, 2.45) is 0 Å². The number of ether oxygens (including phenoxy) is 1. The van der Waals surface area contributed by atoms with Crippen LogP contribution in [-0.2, 0) is 11.2 Å². The molecule has 0 heterocycles. The van der Waals surface area contributed by atoms with Crippen molar-refractivity contribution in [1.82, 2.24) is 5.32 Å². The molecule has 2 aromatic carbocycles. The van der Waals surface area contributed by atoms with Crippen LogP contribution in [0, 0.1) is 11.6 Å². The lowest BCUT2D eigenvalue weighted by Crippen LogP contribution is -2.29. The average Bonchev–Trinajstić information content (AvgIpc) is 2.55. The lowest BCUT2D eigenvalue weighted by molar-refractivity contribution is -0.120. The van der Waals surface area contributed by atoms with Gasteiger partial charge in [0.05, 0.1) is 18.6 Å². The van der Waals surface area contributed by atoms with Gasteiger partial charge in [0, 0.05) is 6.54 Å². The topological polar surface area (TPSA) is 58.6 Å². The molecular formula is C19H21F2NO3. The van der Waals surface area contributed by atoms with Gasteiger partial charge in [0.25, 0.3) is 0 Å². The van der Waals surface area contributed by atoms with Gasteiger partial charge in [-0.1, -0.05) is 18.2 Å². The van der Waals surface area contributed by atoms with Crippen molar-refractivity contribution in [3.05, 3.63) is 65.2 Å². The second-order valence-corrected chi connectivity index (χ2v) is 5.98. The van der Waals surface area contributed by atoms with Crippen LogP contribution in [0.1, 0.15) is 31.1 Å². The Morgan fingerprint density at radius 2 is 1.92 bits per heavy atom. The van der Waals surface area contributed by atoms with E-state index in [4.69, 9.17) is 4.74 Å². The molecule has 4 nitrogen and oxygen atoms in total. The number of hydrogen-bond donors (Lipinski definition) is 2. The molecule has 0 aliphatic carbocycles. The second-order valence-electron chi connectivity index (χ2n) is 5.98. The monoisotopic (exact) mass is 349 g/mol. The lowest BCUT2D eigenvalue weighted by atomic mass is 10.1. The fraction of sp³-hybridized carbons (Fsp3) is 0.316. The van der Waals surface area contributed by atoms with Crippen molar-refractivity contribution in [3.8, 4) is 5.75 Å². The molecule has 0 fully saturated rings. The quantitative estimate of drug-likeness (QED) is 0.807. The summed E-state index contributed by atoms with van der Waals surface area (Å²) in [5, 5.41) is 12.8. The van der Waals surface area contributed by atoms with Gasteiger partial charge in [0.15, 0.2) is 11.6 Å². The summed E-state index contributed by atoms with van der Waals surface area (Å²) in [7, 11) is 0. The highest BCUT2D eigenvalue weighted by molar-refractivity contribution is 5.78. The number of amides is 1. The molecule has 0 radical (unpaired) electrons.